The molecule has 2 rings (SSSR count). The Bertz CT molecular complexity index is 745. The van der Waals surface area contributed by atoms with Crippen molar-refractivity contribution in [3.05, 3.63) is 66.0 Å². The second-order valence-electron chi connectivity index (χ2n) is 6.65. The summed E-state index contributed by atoms with van der Waals surface area (Å²) in [7, 11) is 0. The number of hydrogen-bond acceptors (Lipinski definition) is 4. The molecule has 1 saturated heterocycles. The van der Waals surface area contributed by atoms with Gasteiger partial charge in [0, 0.05) is 33.1 Å². The minimum atomic E-state index is -0.156. The number of amides is 2. The first-order chi connectivity index (χ1) is 12.9. The molecule has 0 spiro atoms. The van der Waals surface area contributed by atoms with Crippen LogP contribution in [0.2, 0.25) is 0 Å². The van der Waals surface area contributed by atoms with Crippen LogP contribution >= 0.6 is 0 Å². The standard InChI is InChI=1S/C21H28N4O2/c1-16(19-7-5-4-6-8-19)9-10-20(22)17(2)23-21(27)15-24-11-13-25(14-12-24)18(3)26/h4-10H,2,11-15,22H2,1,3H3,(H,23,27)/b16-9+,20-10+. The molecule has 1 fully saturated rings. The van der Waals surface area contributed by atoms with Crippen LogP contribution in [0.25, 0.3) is 5.57 Å². The summed E-state index contributed by atoms with van der Waals surface area (Å²) in [5.74, 6) is -0.0828. The average Bonchev–Trinajstić information content (AvgIpc) is 2.66. The lowest BCUT2D eigenvalue weighted by atomic mass is 10.1. The lowest BCUT2D eigenvalue weighted by Gasteiger charge is -2.33. The molecule has 0 radical (unpaired) electrons. The number of carbonyl (C=O) groups excluding carboxylic acids is 2. The van der Waals surface area contributed by atoms with Gasteiger partial charge in [-0.05, 0) is 24.1 Å². The van der Waals surface area contributed by atoms with Gasteiger partial charge >= 0.3 is 0 Å². The normalized spacial score (nSPS) is 16.1. The van der Waals surface area contributed by atoms with Crippen LogP contribution < -0.4 is 11.1 Å². The molecule has 6 nitrogen and oxygen atoms in total. The molecule has 0 atom stereocenters. The number of nitrogens with zero attached hydrogens (tertiary/aromatic N) is 2. The number of hydrogen-bond donors (Lipinski definition) is 2. The zero-order valence-electron chi connectivity index (χ0n) is 16.1. The minimum absolute atomic E-state index is 0.0734. The Hall–Kier alpha value is -2.86. The maximum Gasteiger partial charge on any atom is 0.238 e. The number of benzene rings is 1. The molecule has 1 aliphatic rings. The van der Waals surface area contributed by atoms with Crippen molar-refractivity contribution in [3.8, 4) is 0 Å². The van der Waals surface area contributed by atoms with E-state index >= 15 is 0 Å². The van der Waals surface area contributed by atoms with E-state index in [1.165, 1.54) is 0 Å². The van der Waals surface area contributed by atoms with E-state index in [0.717, 1.165) is 11.1 Å². The van der Waals surface area contributed by atoms with Crippen molar-refractivity contribution in [1.82, 2.24) is 15.1 Å². The Morgan fingerprint density at radius 3 is 2.33 bits per heavy atom. The number of allylic oxidation sites excluding steroid dienone is 3. The fraction of sp³-hybridized carbons (Fsp3) is 0.333. The molecule has 0 aromatic heterocycles. The van der Waals surface area contributed by atoms with Crippen LogP contribution in [-0.4, -0.2) is 54.3 Å². The van der Waals surface area contributed by atoms with Crippen molar-refractivity contribution in [2.24, 2.45) is 5.73 Å². The van der Waals surface area contributed by atoms with Crippen molar-refractivity contribution >= 4 is 17.4 Å². The highest BCUT2D eigenvalue weighted by atomic mass is 16.2. The number of carbonyl (C=O) groups is 2. The SMILES string of the molecule is C=C(NC(=O)CN1CCN(C(C)=O)CC1)/C(N)=C\C=C(/C)c1ccccc1. The first-order valence-corrected chi connectivity index (χ1v) is 9.03. The quantitative estimate of drug-likeness (QED) is 0.750. The van der Waals surface area contributed by atoms with Gasteiger partial charge in [0.2, 0.25) is 11.8 Å². The molecular formula is C21H28N4O2. The molecule has 1 aliphatic heterocycles. The van der Waals surface area contributed by atoms with Crippen molar-refractivity contribution in [2.45, 2.75) is 13.8 Å². The zero-order valence-corrected chi connectivity index (χ0v) is 16.1. The molecule has 1 aromatic carbocycles. The average molecular weight is 368 g/mol. The summed E-state index contributed by atoms with van der Waals surface area (Å²) in [6, 6.07) is 9.99. The molecule has 1 aromatic rings. The fourth-order valence-electron chi connectivity index (χ4n) is 2.82. The van der Waals surface area contributed by atoms with Crippen LogP contribution in [-0.2, 0) is 9.59 Å². The molecule has 0 saturated carbocycles. The summed E-state index contributed by atoms with van der Waals surface area (Å²) in [4.78, 5) is 27.4. The smallest absolute Gasteiger partial charge is 0.238 e. The van der Waals surface area contributed by atoms with Gasteiger partial charge in [0.25, 0.3) is 0 Å². The largest absolute Gasteiger partial charge is 0.397 e. The minimum Gasteiger partial charge on any atom is -0.397 e. The zero-order chi connectivity index (χ0) is 19.8. The van der Waals surface area contributed by atoms with Crippen LogP contribution in [0, 0.1) is 0 Å². The Morgan fingerprint density at radius 1 is 1.11 bits per heavy atom. The van der Waals surface area contributed by atoms with E-state index < -0.39 is 0 Å². The molecule has 3 N–H and O–H groups in total. The van der Waals surface area contributed by atoms with Crippen LogP contribution in [0.3, 0.4) is 0 Å². The maximum absolute atomic E-state index is 12.2. The maximum atomic E-state index is 12.2. The number of rotatable bonds is 6. The Morgan fingerprint density at radius 2 is 1.74 bits per heavy atom. The van der Waals surface area contributed by atoms with Gasteiger partial charge in [0.15, 0.2) is 0 Å². The van der Waals surface area contributed by atoms with E-state index in [9.17, 15) is 9.59 Å². The summed E-state index contributed by atoms with van der Waals surface area (Å²) >= 11 is 0. The Labute approximate surface area is 161 Å². The number of nitrogens with two attached hydrogens (primary N) is 1. The summed E-state index contributed by atoms with van der Waals surface area (Å²) in [6.07, 6.45) is 3.65. The number of piperazine rings is 1. The van der Waals surface area contributed by atoms with Crippen molar-refractivity contribution in [3.63, 3.8) is 0 Å². The molecule has 0 unspecified atom stereocenters. The van der Waals surface area contributed by atoms with Gasteiger partial charge in [-0.3, -0.25) is 14.5 Å². The lowest BCUT2D eigenvalue weighted by molar-refractivity contribution is -0.130. The molecule has 144 valence electrons. The lowest BCUT2D eigenvalue weighted by Crippen LogP contribution is -2.50. The summed E-state index contributed by atoms with van der Waals surface area (Å²) < 4.78 is 0. The molecule has 6 heteroatoms. The topological polar surface area (TPSA) is 78.7 Å². The van der Waals surface area contributed by atoms with Crippen LogP contribution in [0.15, 0.2) is 60.5 Å². The van der Waals surface area contributed by atoms with Crippen molar-refractivity contribution < 1.29 is 9.59 Å². The van der Waals surface area contributed by atoms with E-state index in [1.54, 1.807) is 17.9 Å². The van der Waals surface area contributed by atoms with Gasteiger partial charge < -0.3 is 16.0 Å². The van der Waals surface area contributed by atoms with Crippen LogP contribution in [0.1, 0.15) is 19.4 Å². The second-order valence-corrected chi connectivity index (χ2v) is 6.65. The molecule has 1 heterocycles. The fourth-order valence-corrected chi connectivity index (χ4v) is 2.82. The van der Waals surface area contributed by atoms with Crippen LogP contribution in [0.4, 0.5) is 0 Å². The first kappa shape index (κ1) is 20.5. The summed E-state index contributed by atoms with van der Waals surface area (Å²) in [5, 5.41) is 2.75. The van der Waals surface area contributed by atoms with E-state index in [1.807, 2.05) is 48.2 Å². The molecule has 27 heavy (non-hydrogen) atoms. The molecule has 0 bridgehead atoms. The highest BCUT2D eigenvalue weighted by Gasteiger charge is 2.20. The third-order valence-corrected chi connectivity index (χ3v) is 4.57. The Kier molecular flexibility index (Phi) is 7.37. The Balaban J connectivity index is 1.83. The third kappa shape index (κ3) is 6.42. The molecule has 2 amide bonds. The third-order valence-electron chi connectivity index (χ3n) is 4.57. The van der Waals surface area contributed by atoms with Crippen molar-refractivity contribution in [2.75, 3.05) is 32.7 Å². The monoisotopic (exact) mass is 368 g/mol. The predicted molar refractivity (Wildman–Crippen MR) is 108 cm³/mol. The summed E-state index contributed by atoms with van der Waals surface area (Å²) in [6.45, 7) is 10.3. The molecule has 0 aliphatic carbocycles. The van der Waals surface area contributed by atoms with E-state index in [0.29, 0.717) is 37.6 Å². The van der Waals surface area contributed by atoms with E-state index in [-0.39, 0.29) is 18.4 Å². The highest BCUT2D eigenvalue weighted by Crippen LogP contribution is 2.13. The van der Waals surface area contributed by atoms with Gasteiger partial charge in [-0.2, -0.15) is 0 Å². The second kappa shape index (κ2) is 9.73. The van der Waals surface area contributed by atoms with Gasteiger partial charge in [-0.25, -0.2) is 0 Å². The predicted octanol–water partition coefficient (Wildman–Crippen LogP) is 1.73. The summed E-state index contributed by atoms with van der Waals surface area (Å²) in [5.41, 5.74) is 9.01. The van der Waals surface area contributed by atoms with Gasteiger partial charge in [-0.1, -0.05) is 43.0 Å². The van der Waals surface area contributed by atoms with E-state index in [2.05, 4.69) is 11.9 Å². The van der Waals surface area contributed by atoms with Gasteiger partial charge in [-0.15, -0.1) is 0 Å². The number of nitrogens with one attached hydrogen (secondary N) is 1. The van der Waals surface area contributed by atoms with Gasteiger partial charge in [0.05, 0.1) is 17.9 Å². The van der Waals surface area contributed by atoms with Crippen LogP contribution in [0.5, 0.6) is 0 Å². The highest BCUT2D eigenvalue weighted by molar-refractivity contribution is 5.80. The first-order valence-electron chi connectivity index (χ1n) is 9.03. The van der Waals surface area contributed by atoms with Crippen molar-refractivity contribution in [1.29, 1.82) is 0 Å². The van der Waals surface area contributed by atoms with Gasteiger partial charge in [0.1, 0.15) is 0 Å². The molecular weight excluding hydrogens is 340 g/mol. The van der Waals surface area contributed by atoms with E-state index in [4.69, 9.17) is 5.73 Å².